The first-order chi connectivity index (χ1) is 13.5. The molecule has 1 aromatic heterocycles. The van der Waals surface area contributed by atoms with Gasteiger partial charge in [-0.15, -0.1) is 11.3 Å². The van der Waals surface area contributed by atoms with Crippen molar-refractivity contribution < 1.29 is 9.53 Å². The van der Waals surface area contributed by atoms with E-state index in [0.717, 1.165) is 40.0 Å². The topological polar surface area (TPSA) is 41.9 Å². The van der Waals surface area contributed by atoms with E-state index in [2.05, 4.69) is 21.0 Å². The summed E-state index contributed by atoms with van der Waals surface area (Å²) in [6.07, 6.45) is 5.81. The molecule has 8 heteroatoms. The predicted molar refractivity (Wildman–Crippen MR) is 119 cm³/mol. The van der Waals surface area contributed by atoms with Crippen LogP contribution in [-0.2, 0) is 9.53 Å². The molecule has 4 nitrogen and oxygen atoms in total. The fourth-order valence-corrected chi connectivity index (χ4v) is 5.66. The normalized spacial score (nSPS) is 20.3. The third kappa shape index (κ3) is 4.40. The van der Waals surface area contributed by atoms with Gasteiger partial charge in [0, 0.05) is 16.3 Å². The number of benzene rings is 1. The fourth-order valence-electron chi connectivity index (χ4n) is 3.65. The van der Waals surface area contributed by atoms with Crippen molar-refractivity contribution in [2.45, 2.75) is 50.7 Å². The van der Waals surface area contributed by atoms with E-state index in [1.165, 1.54) is 6.42 Å². The van der Waals surface area contributed by atoms with Crippen LogP contribution >= 0.6 is 50.5 Å². The van der Waals surface area contributed by atoms with Gasteiger partial charge in [-0.05, 0) is 71.9 Å². The van der Waals surface area contributed by atoms with Gasteiger partial charge in [0.15, 0.2) is 0 Å². The average molecular weight is 502 g/mol. The van der Waals surface area contributed by atoms with Gasteiger partial charge in [0.1, 0.15) is 11.8 Å². The van der Waals surface area contributed by atoms with Gasteiger partial charge in [0.2, 0.25) is 0 Å². The first kappa shape index (κ1) is 20.2. The van der Waals surface area contributed by atoms with Crippen LogP contribution in [-0.4, -0.2) is 17.8 Å². The summed E-state index contributed by atoms with van der Waals surface area (Å²) in [6, 6.07) is 9.23. The Bertz CT molecular complexity index is 911. The predicted octanol–water partition coefficient (Wildman–Crippen LogP) is 7.00. The zero-order valence-electron chi connectivity index (χ0n) is 15.0. The van der Waals surface area contributed by atoms with E-state index in [0.29, 0.717) is 22.2 Å². The minimum atomic E-state index is -0.319. The Hall–Kier alpha value is -1.08. The van der Waals surface area contributed by atoms with Gasteiger partial charge in [-0.25, -0.2) is 4.79 Å². The molecule has 0 spiro atoms. The van der Waals surface area contributed by atoms with Crippen molar-refractivity contribution in [2.24, 2.45) is 5.10 Å². The lowest BCUT2D eigenvalue weighted by molar-refractivity contribution is -0.142. The molecule has 1 aliphatic carbocycles. The van der Waals surface area contributed by atoms with Gasteiger partial charge < -0.3 is 4.74 Å². The molecule has 1 unspecified atom stereocenters. The number of hydrogen-bond donors (Lipinski definition) is 0. The average Bonchev–Trinajstić information content (AvgIpc) is 3.29. The third-order valence-electron chi connectivity index (χ3n) is 5.05. The maximum absolute atomic E-state index is 12.8. The van der Waals surface area contributed by atoms with Gasteiger partial charge in [0.25, 0.3) is 0 Å². The Morgan fingerprint density at radius 1 is 1.18 bits per heavy atom. The second-order valence-electron chi connectivity index (χ2n) is 7.01. The molecular formula is C20H19BrCl2N2O2S. The number of carbonyl (C=O) groups is 1. The van der Waals surface area contributed by atoms with Crippen LogP contribution in [0, 0.1) is 0 Å². The lowest BCUT2D eigenvalue weighted by Crippen LogP contribution is -2.25. The fraction of sp³-hybridized carbons (Fsp3) is 0.400. The minimum absolute atomic E-state index is 0.00597. The highest BCUT2D eigenvalue weighted by Gasteiger charge is 2.35. The largest absolute Gasteiger partial charge is 0.458 e. The summed E-state index contributed by atoms with van der Waals surface area (Å²) >= 11 is 17.6. The molecular weight excluding hydrogens is 483 g/mol. The number of ether oxygens (including phenoxy) is 1. The van der Waals surface area contributed by atoms with Crippen molar-refractivity contribution in [3.63, 3.8) is 0 Å². The van der Waals surface area contributed by atoms with Crippen LogP contribution in [0.4, 0.5) is 5.69 Å². The van der Waals surface area contributed by atoms with Crippen molar-refractivity contribution in [3.05, 3.63) is 49.0 Å². The molecule has 1 fully saturated rings. The number of rotatable bonds is 4. The zero-order valence-corrected chi connectivity index (χ0v) is 19.0. The van der Waals surface area contributed by atoms with Crippen LogP contribution in [0.5, 0.6) is 0 Å². The molecule has 0 N–H and O–H groups in total. The summed E-state index contributed by atoms with van der Waals surface area (Å²) < 4.78 is 6.77. The van der Waals surface area contributed by atoms with Gasteiger partial charge in [-0.2, -0.15) is 5.10 Å². The van der Waals surface area contributed by atoms with Gasteiger partial charge in [0.05, 0.1) is 20.5 Å². The number of nitrogens with zero attached hydrogens (tertiary/aromatic N) is 2. The number of thiophene rings is 1. The molecule has 0 radical (unpaired) electrons. The zero-order chi connectivity index (χ0) is 19.7. The summed E-state index contributed by atoms with van der Waals surface area (Å²) in [4.78, 5) is 13.9. The number of esters is 1. The van der Waals surface area contributed by atoms with Crippen LogP contribution in [0.2, 0.25) is 10.0 Å². The van der Waals surface area contributed by atoms with E-state index in [1.807, 2.05) is 23.2 Å². The van der Waals surface area contributed by atoms with E-state index in [1.54, 1.807) is 23.5 Å². The van der Waals surface area contributed by atoms with Crippen LogP contribution in [0.3, 0.4) is 0 Å². The smallest absolute Gasteiger partial charge is 0.354 e. The van der Waals surface area contributed by atoms with Crippen LogP contribution < -0.4 is 5.01 Å². The van der Waals surface area contributed by atoms with Crippen molar-refractivity contribution >= 4 is 67.8 Å². The number of halogens is 3. The molecule has 28 heavy (non-hydrogen) atoms. The maximum atomic E-state index is 12.8. The second kappa shape index (κ2) is 8.74. The number of anilines is 1. The third-order valence-corrected chi connectivity index (χ3v) is 7.31. The monoisotopic (exact) mass is 500 g/mol. The molecule has 1 saturated carbocycles. The molecule has 0 bridgehead atoms. The Morgan fingerprint density at radius 3 is 2.64 bits per heavy atom. The quantitative estimate of drug-likeness (QED) is 0.423. The van der Waals surface area contributed by atoms with Crippen LogP contribution in [0.1, 0.15) is 49.4 Å². The standard InChI is InChI=1S/C20H19BrCl2N2O2S/c21-19-9-8-18(28-19)17-11-15(20(26)27-13-4-2-1-3-5-13)24-25(17)16-7-6-12(22)10-14(16)23/h6-10,13,17H,1-5,11H2. The van der Waals surface area contributed by atoms with Crippen LogP contribution in [0.25, 0.3) is 0 Å². The molecule has 1 atom stereocenters. The summed E-state index contributed by atoms with van der Waals surface area (Å²) in [7, 11) is 0. The maximum Gasteiger partial charge on any atom is 0.354 e. The Kier molecular flexibility index (Phi) is 6.30. The molecule has 2 aliphatic rings. The summed E-state index contributed by atoms with van der Waals surface area (Å²) in [5.41, 5.74) is 1.16. The number of hydrogen-bond acceptors (Lipinski definition) is 5. The van der Waals surface area contributed by atoms with Gasteiger partial charge >= 0.3 is 5.97 Å². The molecule has 148 valence electrons. The SMILES string of the molecule is O=C(OC1CCCCC1)C1=NN(c2ccc(Cl)cc2Cl)C(c2ccc(Br)s2)C1. The summed E-state index contributed by atoms with van der Waals surface area (Å²) in [5, 5.41) is 7.49. The molecule has 4 rings (SSSR count). The van der Waals surface area contributed by atoms with E-state index in [-0.39, 0.29) is 18.1 Å². The Balaban J connectivity index is 1.61. The Labute approximate surface area is 186 Å². The van der Waals surface area contributed by atoms with Crippen molar-refractivity contribution in [1.29, 1.82) is 0 Å². The second-order valence-corrected chi connectivity index (χ2v) is 10.4. The van der Waals surface area contributed by atoms with E-state index in [4.69, 9.17) is 27.9 Å². The molecule has 2 heterocycles. The molecule has 0 saturated heterocycles. The molecule has 1 aliphatic heterocycles. The van der Waals surface area contributed by atoms with E-state index < -0.39 is 0 Å². The lowest BCUT2D eigenvalue weighted by atomic mass is 9.98. The van der Waals surface area contributed by atoms with Gasteiger partial charge in [-0.1, -0.05) is 29.6 Å². The van der Waals surface area contributed by atoms with Crippen LogP contribution in [0.15, 0.2) is 39.2 Å². The Morgan fingerprint density at radius 2 is 1.96 bits per heavy atom. The highest BCUT2D eigenvalue weighted by molar-refractivity contribution is 9.11. The van der Waals surface area contributed by atoms with E-state index in [9.17, 15) is 4.79 Å². The summed E-state index contributed by atoms with van der Waals surface area (Å²) in [5.74, 6) is -0.319. The lowest BCUT2D eigenvalue weighted by Gasteiger charge is -2.23. The van der Waals surface area contributed by atoms with E-state index >= 15 is 0 Å². The van der Waals surface area contributed by atoms with Crippen molar-refractivity contribution in [3.8, 4) is 0 Å². The number of carbonyl (C=O) groups excluding carboxylic acids is 1. The van der Waals surface area contributed by atoms with Gasteiger partial charge in [-0.3, -0.25) is 5.01 Å². The summed E-state index contributed by atoms with van der Waals surface area (Å²) in [6.45, 7) is 0. The first-order valence-electron chi connectivity index (χ1n) is 9.29. The van der Waals surface area contributed by atoms with Crippen molar-refractivity contribution in [2.75, 3.05) is 5.01 Å². The molecule has 0 amide bonds. The number of hydrazone groups is 1. The van der Waals surface area contributed by atoms with Crippen molar-refractivity contribution in [1.82, 2.24) is 0 Å². The molecule has 2 aromatic rings. The first-order valence-corrected chi connectivity index (χ1v) is 11.7. The highest BCUT2D eigenvalue weighted by Crippen LogP contribution is 2.42. The highest BCUT2D eigenvalue weighted by atomic mass is 79.9. The molecule has 1 aromatic carbocycles. The minimum Gasteiger partial charge on any atom is -0.458 e.